The first-order valence-corrected chi connectivity index (χ1v) is 13.8. The molecule has 0 saturated heterocycles. The molecule has 1 aliphatic heterocycles. The van der Waals surface area contributed by atoms with Crippen LogP contribution in [0.25, 0.3) is 39.3 Å². The summed E-state index contributed by atoms with van der Waals surface area (Å²) in [6.07, 6.45) is 16.3. The van der Waals surface area contributed by atoms with Gasteiger partial charge >= 0.3 is 0 Å². The second kappa shape index (κ2) is 10.3. The molecule has 0 spiro atoms. The second-order valence-electron chi connectivity index (χ2n) is 9.45. The Morgan fingerprint density at radius 2 is 1.84 bits per heavy atom. The van der Waals surface area contributed by atoms with Gasteiger partial charge < -0.3 is 4.42 Å². The van der Waals surface area contributed by atoms with E-state index in [1.165, 1.54) is 34.4 Å². The number of nitrogens with zero attached hydrogens (tertiary/aromatic N) is 1. The average Bonchev–Trinajstić information content (AvgIpc) is 3.50. The highest BCUT2D eigenvalue weighted by Crippen LogP contribution is 2.48. The summed E-state index contributed by atoms with van der Waals surface area (Å²) in [5, 5.41) is 0.522. The molecule has 1 aromatic heterocycles. The van der Waals surface area contributed by atoms with Crippen LogP contribution in [0.4, 0.5) is 0 Å². The van der Waals surface area contributed by atoms with Crippen molar-refractivity contribution in [3.8, 4) is 11.5 Å². The van der Waals surface area contributed by atoms with Gasteiger partial charge in [-0.25, -0.2) is 4.98 Å². The largest absolute Gasteiger partial charge is 0.436 e. The molecule has 37 heavy (non-hydrogen) atoms. The number of hydrogen-bond donors (Lipinski definition) is 0. The van der Waals surface area contributed by atoms with Gasteiger partial charge in [0.15, 0.2) is 5.58 Å². The van der Waals surface area contributed by atoms with E-state index in [-0.39, 0.29) is 0 Å². The Kier molecular flexibility index (Phi) is 6.55. The summed E-state index contributed by atoms with van der Waals surface area (Å²) < 4.78 is 6.26. The molecule has 0 saturated carbocycles. The SMILES string of the molecule is C=C(/C=C\C=C/C)c1ccc(-c2nc3c(C4=C\CCCC5Sc6ccccc6\C5=C\4)cccc3o2)cc1. The molecule has 4 aromatic rings. The van der Waals surface area contributed by atoms with Crippen molar-refractivity contribution in [1.29, 1.82) is 0 Å². The van der Waals surface area contributed by atoms with Crippen LogP contribution in [0.3, 0.4) is 0 Å². The number of hydrogen-bond acceptors (Lipinski definition) is 3. The van der Waals surface area contributed by atoms with Crippen LogP contribution in [0.2, 0.25) is 0 Å². The Hall–Kier alpha value is -3.82. The summed E-state index contributed by atoms with van der Waals surface area (Å²) in [6, 6.07) is 23.3. The van der Waals surface area contributed by atoms with E-state index in [0.29, 0.717) is 11.1 Å². The molecule has 0 radical (unpaired) electrons. The maximum atomic E-state index is 6.26. The number of thioether (sulfide) groups is 1. The predicted octanol–water partition coefficient (Wildman–Crippen LogP) is 9.77. The summed E-state index contributed by atoms with van der Waals surface area (Å²) >= 11 is 2.01. The van der Waals surface area contributed by atoms with Crippen LogP contribution < -0.4 is 0 Å². The second-order valence-corrected chi connectivity index (χ2v) is 10.7. The highest BCUT2D eigenvalue weighted by molar-refractivity contribution is 8.00. The van der Waals surface area contributed by atoms with Gasteiger partial charge in [0.05, 0.1) is 0 Å². The molecule has 0 fully saturated rings. The van der Waals surface area contributed by atoms with E-state index < -0.39 is 0 Å². The number of rotatable bonds is 5. The van der Waals surface area contributed by atoms with Crippen LogP contribution >= 0.6 is 11.8 Å². The first-order chi connectivity index (χ1) is 18.2. The number of para-hydroxylation sites is 1. The standard InChI is InChI=1S/C34H29NOS/c1-3-4-5-11-23(2)24-18-20-25(21-19-24)34-35-33-27(14-10-15-30(33)36-34)26-12-6-8-17-32-29(22-26)28-13-7-9-16-31(28)37-32/h3-5,7,9-16,18-22,32H,2,6,8,17H2,1H3/b4-3-,11-5-,26-12-,29-22-. The third-order valence-electron chi connectivity index (χ3n) is 6.99. The Bertz CT molecular complexity index is 1600. The van der Waals surface area contributed by atoms with Crippen LogP contribution in [0.5, 0.6) is 0 Å². The minimum atomic E-state index is 0.522. The van der Waals surface area contributed by atoms with Crippen LogP contribution in [0, 0.1) is 0 Å². The van der Waals surface area contributed by atoms with E-state index in [1.807, 2.05) is 49.1 Å². The normalized spacial score (nSPS) is 20.2. The molecule has 1 unspecified atom stereocenters. The number of aromatic nitrogens is 1. The summed E-state index contributed by atoms with van der Waals surface area (Å²) in [5.74, 6) is 0.641. The van der Waals surface area contributed by atoms with E-state index in [2.05, 4.69) is 79.4 Å². The van der Waals surface area contributed by atoms with Gasteiger partial charge in [0, 0.05) is 21.3 Å². The quantitative estimate of drug-likeness (QED) is 0.256. The van der Waals surface area contributed by atoms with Crippen LogP contribution in [0.1, 0.15) is 42.9 Å². The van der Waals surface area contributed by atoms with E-state index in [0.717, 1.165) is 39.8 Å². The molecule has 3 aromatic carbocycles. The fraction of sp³-hybridized carbons (Fsp3) is 0.147. The highest BCUT2D eigenvalue weighted by atomic mass is 32.2. The van der Waals surface area contributed by atoms with Crippen molar-refractivity contribution in [3.63, 3.8) is 0 Å². The van der Waals surface area contributed by atoms with Crippen LogP contribution in [-0.2, 0) is 0 Å². The van der Waals surface area contributed by atoms with Crippen molar-refractivity contribution in [2.75, 3.05) is 0 Å². The molecular formula is C34H29NOS. The maximum Gasteiger partial charge on any atom is 0.227 e. The van der Waals surface area contributed by atoms with Crippen molar-refractivity contribution in [1.82, 2.24) is 4.98 Å². The van der Waals surface area contributed by atoms with Gasteiger partial charge in [-0.05, 0) is 84.4 Å². The molecule has 6 rings (SSSR count). The lowest BCUT2D eigenvalue weighted by molar-refractivity contribution is 0.620. The van der Waals surface area contributed by atoms with Crippen molar-refractivity contribution < 1.29 is 4.42 Å². The zero-order valence-electron chi connectivity index (χ0n) is 21.0. The minimum Gasteiger partial charge on any atom is -0.436 e. The van der Waals surface area contributed by atoms with Crippen molar-refractivity contribution >= 4 is 39.6 Å². The molecule has 0 amide bonds. The number of oxazole rings is 1. The molecule has 2 nitrogen and oxygen atoms in total. The zero-order chi connectivity index (χ0) is 25.2. The molecule has 2 heterocycles. The molecule has 0 N–H and O–H groups in total. The Labute approximate surface area is 222 Å². The molecule has 2 aliphatic rings. The van der Waals surface area contributed by atoms with E-state index in [1.54, 1.807) is 0 Å². The molecule has 0 bridgehead atoms. The van der Waals surface area contributed by atoms with Gasteiger partial charge in [0.1, 0.15) is 5.52 Å². The smallest absolute Gasteiger partial charge is 0.227 e. The van der Waals surface area contributed by atoms with Gasteiger partial charge in [-0.1, -0.05) is 79.4 Å². The van der Waals surface area contributed by atoms with Gasteiger partial charge in [0.2, 0.25) is 5.89 Å². The monoisotopic (exact) mass is 499 g/mol. The third kappa shape index (κ3) is 4.68. The van der Waals surface area contributed by atoms with Gasteiger partial charge in [0.25, 0.3) is 0 Å². The molecule has 1 aliphatic carbocycles. The lowest BCUT2D eigenvalue weighted by Gasteiger charge is -2.16. The predicted molar refractivity (Wildman–Crippen MR) is 158 cm³/mol. The zero-order valence-corrected chi connectivity index (χ0v) is 21.8. The van der Waals surface area contributed by atoms with Crippen molar-refractivity contribution in [3.05, 3.63) is 126 Å². The Balaban J connectivity index is 1.36. The minimum absolute atomic E-state index is 0.522. The topological polar surface area (TPSA) is 26.0 Å². The van der Waals surface area contributed by atoms with E-state index in [9.17, 15) is 0 Å². The van der Waals surface area contributed by atoms with Crippen molar-refractivity contribution in [2.45, 2.75) is 36.3 Å². The first kappa shape index (κ1) is 23.6. The summed E-state index contributed by atoms with van der Waals surface area (Å²) in [6.45, 7) is 6.18. The number of fused-ring (bicyclic) bond motifs is 4. The van der Waals surface area contributed by atoms with Crippen LogP contribution in [0.15, 0.2) is 119 Å². The Morgan fingerprint density at radius 1 is 1.00 bits per heavy atom. The summed E-state index contributed by atoms with van der Waals surface area (Å²) in [7, 11) is 0. The maximum absolute atomic E-state index is 6.26. The number of allylic oxidation sites excluding steroid dienone is 8. The third-order valence-corrected chi connectivity index (χ3v) is 8.38. The summed E-state index contributed by atoms with van der Waals surface area (Å²) in [5.41, 5.74) is 9.93. The van der Waals surface area contributed by atoms with Gasteiger partial charge in [-0.2, -0.15) is 0 Å². The average molecular weight is 500 g/mol. The van der Waals surface area contributed by atoms with Gasteiger partial charge in [-0.15, -0.1) is 11.8 Å². The molecule has 182 valence electrons. The highest BCUT2D eigenvalue weighted by Gasteiger charge is 2.28. The lowest BCUT2D eigenvalue weighted by Crippen LogP contribution is -2.02. The van der Waals surface area contributed by atoms with Crippen LogP contribution in [-0.4, -0.2) is 10.2 Å². The fourth-order valence-electron chi connectivity index (χ4n) is 5.07. The number of benzene rings is 3. The lowest BCUT2D eigenvalue weighted by atomic mass is 9.91. The van der Waals surface area contributed by atoms with E-state index >= 15 is 0 Å². The summed E-state index contributed by atoms with van der Waals surface area (Å²) in [4.78, 5) is 6.38. The molecule has 1 atom stereocenters. The molecular weight excluding hydrogens is 470 g/mol. The van der Waals surface area contributed by atoms with Gasteiger partial charge in [-0.3, -0.25) is 0 Å². The first-order valence-electron chi connectivity index (χ1n) is 12.9. The fourth-order valence-corrected chi connectivity index (χ4v) is 6.45. The molecule has 3 heteroatoms. The Morgan fingerprint density at radius 3 is 2.70 bits per heavy atom. The van der Waals surface area contributed by atoms with Crippen molar-refractivity contribution in [2.24, 2.45) is 0 Å². The van der Waals surface area contributed by atoms with E-state index in [4.69, 9.17) is 9.40 Å².